The number of ether oxygens (including phenoxy) is 2. The van der Waals surface area contributed by atoms with E-state index in [1.807, 2.05) is 0 Å². The quantitative estimate of drug-likeness (QED) is 0.722. The van der Waals surface area contributed by atoms with Crippen molar-refractivity contribution in [2.45, 2.75) is 0 Å². The van der Waals surface area contributed by atoms with Gasteiger partial charge in [-0.2, -0.15) is 0 Å². The molecular formula is C10H9NO3. The summed E-state index contributed by atoms with van der Waals surface area (Å²) in [7, 11) is 0. The molecule has 0 radical (unpaired) electrons. The number of carbonyl (C=O) groups excluding carboxylic acids is 1. The van der Waals surface area contributed by atoms with Crippen LogP contribution in [0.4, 0.5) is 0 Å². The summed E-state index contributed by atoms with van der Waals surface area (Å²) in [6, 6.07) is 5.03. The summed E-state index contributed by atoms with van der Waals surface area (Å²) in [5.74, 6) is 0.390. The van der Waals surface area contributed by atoms with E-state index in [0.717, 1.165) is 0 Å². The minimum atomic E-state index is -0.527. The summed E-state index contributed by atoms with van der Waals surface area (Å²) in [5.41, 5.74) is 5.52. The molecule has 4 nitrogen and oxygen atoms in total. The van der Waals surface area contributed by atoms with Crippen LogP contribution in [0, 0.1) is 0 Å². The van der Waals surface area contributed by atoms with Gasteiger partial charge in [0.05, 0.1) is 11.8 Å². The van der Waals surface area contributed by atoms with Gasteiger partial charge in [-0.25, -0.2) is 0 Å². The van der Waals surface area contributed by atoms with Gasteiger partial charge in [0, 0.05) is 0 Å². The minimum Gasteiger partial charge on any atom is -0.485 e. The van der Waals surface area contributed by atoms with Gasteiger partial charge in [0.1, 0.15) is 6.61 Å². The zero-order chi connectivity index (χ0) is 9.97. The Hall–Kier alpha value is -1.97. The van der Waals surface area contributed by atoms with Crippen LogP contribution in [0.1, 0.15) is 10.4 Å². The van der Waals surface area contributed by atoms with E-state index >= 15 is 0 Å². The second-order valence-electron chi connectivity index (χ2n) is 2.80. The highest BCUT2D eigenvalue weighted by molar-refractivity contribution is 5.96. The van der Waals surface area contributed by atoms with Gasteiger partial charge in [-0.05, 0) is 18.2 Å². The molecule has 2 rings (SSSR count). The molecule has 0 spiro atoms. The molecule has 1 aliphatic heterocycles. The lowest BCUT2D eigenvalue weighted by Crippen LogP contribution is -2.12. The first-order chi connectivity index (χ1) is 6.79. The van der Waals surface area contributed by atoms with Crippen LogP contribution in [0.25, 0.3) is 0 Å². The molecule has 0 aromatic heterocycles. The summed E-state index contributed by atoms with van der Waals surface area (Å²) in [4.78, 5) is 11.0. The van der Waals surface area contributed by atoms with Gasteiger partial charge in [0.2, 0.25) is 0 Å². The van der Waals surface area contributed by atoms with Crippen molar-refractivity contribution in [3.63, 3.8) is 0 Å². The number of primary amides is 1. The van der Waals surface area contributed by atoms with Crippen molar-refractivity contribution in [3.8, 4) is 11.5 Å². The van der Waals surface area contributed by atoms with Crippen LogP contribution >= 0.6 is 0 Å². The van der Waals surface area contributed by atoms with E-state index in [-0.39, 0.29) is 0 Å². The van der Waals surface area contributed by atoms with Gasteiger partial charge < -0.3 is 15.2 Å². The fourth-order valence-corrected chi connectivity index (χ4v) is 1.24. The third kappa shape index (κ3) is 1.42. The number of amides is 1. The van der Waals surface area contributed by atoms with E-state index in [4.69, 9.17) is 15.2 Å². The zero-order valence-corrected chi connectivity index (χ0v) is 7.40. The zero-order valence-electron chi connectivity index (χ0n) is 7.40. The molecule has 14 heavy (non-hydrogen) atoms. The van der Waals surface area contributed by atoms with E-state index < -0.39 is 5.91 Å². The monoisotopic (exact) mass is 191 g/mol. The molecule has 0 atom stereocenters. The van der Waals surface area contributed by atoms with Crippen molar-refractivity contribution in [2.75, 3.05) is 6.61 Å². The largest absolute Gasteiger partial charge is 0.485 e. The second-order valence-corrected chi connectivity index (χ2v) is 2.80. The van der Waals surface area contributed by atoms with Crippen molar-refractivity contribution in [1.82, 2.24) is 0 Å². The lowest BCUT2D eigenvalue weighted by Gasteiger charge is -2.08. The van der Waals surface area contributed by atoms with Gasteiger partial charge in [0.15, 0.2) is 11.5 Å². The van der Waals surface area contributed by atoms with Crippen molar-refractivity contribution in [3.05, 3.63) is 36.1 Å². The molecular weight excluding hydrogens is 182 g/mol. The van der Waals surface area contributed by atoms with Crippen molar-refractivity contribution >= 4 is 5.91 Å². The Balaban J connectivity index is 2.53. The molecule has 0 saturated carbocycles. The molecule has 0 unspecified atom stereocenters. The van der Waals surface area contributed by atoms with E-state index in [1.165, 1.54) is 6.26 Å². The predicted molar refractivity (Wildman–Crippen MR) is 50.2 cm³/mol. The maximum Gasteiger partial charge on any atom is 0.252 e. The number of carbonyl (C=O) groups is 1. The lowest BCUT2D eigenvalue weighted by atomic mass is 10.2. The van der Waals surface area contributed by atoms with Gasteiger partial charge in [0.25, 0.3) is 5.91 Å². The average Bonchev–Trinajstić information content (AvgIpc) is 2.41. The first kappa shape index (κ1) is 8.62. The highest BCUT2D eigenvalue weighted by Gasteiger charge is 2.15. The first-order valence-electron chi connectivity index (χ1n) is 4.16. The highest BCUT2D eigenvalue weighted by atomic mass is 16.5. The number of para-hydroxylation sites is 1. The molecule has 1 heterocycles. The van der Waals surface area contributed by atoms with Crippen molar-refractivity contribution in [1.29, 1.82) is 0 Å². The van der Waals surface area contributed by atoms with Crippen LogP contribution < -0.4 is 15.2 Å². The number of benzene rings is 1. The molecule has 1 aromatic rings. The SMILES string of the molecule is NC(=O)c1cccc2c1OC=CCO2. The summed E-state index contributed by atoms with van der Waals surface area (Å²) in [6.07, 6.45) is 3.20. The van der Waals surface area contributed by atoms with E-state index in [0.29, 0.717) is 23.7 Å². The summed E-state index contributed by atoms with van der Waals surface area (Å²) >= 11 is 0. The summed E-state index contributed by atoms with van der Waals surface area (Å²) < 4.78 is 10.6. The molecule has 4 heteroatoms. The molecule has 0 aliphatic carbocycles. The third-order valence-corrected chi connectivity index (χ3v) is 1.86. The first-order valence-corrected chi connectivity index (χ1v) is 4.16. The molecule has 0 bridgehead atoms. The summed E-state index contributed by atoms with van der Waals surface area (Å²) in [5, 5.41) is 0. The smallest absolute Gasteiger partial charge is 0.252 e. The molecule has 0 saturated heterocycles. The fourth-order valence-electron chi connectivity index (χ4n) is 1.24. The Kier molecular flexibility index (Phi) is 2.10. The maximum atomic E-state index is 11.0. The minimum absolute atomic E-state index is 0.328. The molecule has 1 aromatic carbocycles. The number of nitrogens with two attached hydrogens (primary N) is 1. The van der Waals surface area contributed by atoms with Crippen molar-refractivity contribution in [2.24, 2.45) is 5.73 Å². The molecule has 1 amide bonds. The van der Waals surface area contributed by atoms with E-state index in [9.17, 15) is 4.79 Å². The Morgan fingerprint density at radius 1 is 1.43 bits per heavy atom. The van der Waals surface area contributed by atoms with Crippen LogP contribution in [-0.2, 0) is 0 Å². The van der Waals surface area contributed by atoms with Crippen molar-refractivity contribution < 1.29 is 14.3 Å². The summed E-state index contributed by atoms with van der Waals surface area (Å²) in [6.45, 7) is 0.426. The molecule has 72 valence electrons. The van der Waals surface area contributed by atoms with E-state index in [1.54, 1.807) is 24.3 Å². The number of fused-ring (bicyclic) bond motifs is 1. The molecule has 1 aliphatic rings. The van der Waals surface area contributed by atoms with Gasteiger partial charge in [-0.1, -0.05) is 6.07 Å². The second kappa shape index (κ2) is 3.41. The Labute approximate surface area is 80.9 Å². The van der Waals surface area contributed by atoms with Gasteiger partial charge in [-0.3, -0.25) is 4.79 Å². The number of hydrogen-bond donors (Lipinski definition) is 1. The Morgan fingerprint density at radius 3 is 3.07 bits per heavy atom. The standard InChI is InChI=1S/C10H9NO3/c11-10(12)7-3-1-4-8-9(7)14-6-2-5-13-8/h1-4,6H,5H2,(H2,11,12). The topological polar surface area (TPSA) is 61.6 Å². The molecule has 2 N–H and O–H groups in total. The van der Waals surface area contributed by atoms with Crippen LogP contribution in [0.5, 0.6) is 11.5 Å². The fraction of sp³-hybridized carbons (Fsp3) is 0.100. The van der Waals surface area contributed by atoms with Crippen LogP contribution in [-0.4, -0.2) is 12.5 Å². The maximum absolute atomic E-state index is 11.0. The van der Waals surface area contributed by atoms with Crippen LogP contribution in [0.2, 0.25) is 0 Å². The van der Waals surface area contributed by atoms with Gasteiger partial charge >= 0.3 is 0 Å². The van der Waals surface area contributed by atoms with E-state index in [2.05, 4.69) is 0 Å². The predicted octanol–water partition coefficient (Wildman–Crippen LogP) is 1.07. The van der Waals surface area contributed by atoms with Crippen LogP contribution in [0.3, 0.4) is 0 Å². The third-order valence-electron chi connectivity index (χ3n) is 1.86. The lowest BCUT2D eigenvalue weighted by molar-refractivity contribution is 0.0997. The average molecular weight is 191 g/mol. The van der Waals surface area contributed by atoms with Gasteiger partial charge in [-0.15, -0.1) is 0 Å². The normalized spacial score (nSPS) is 13.4. The highest BCUT2D eigenvalue weighted by Crippen LogP contribution is 2.32. The molecule has 0 fully saturated rings. The number of hydrogen-bond acceptors (Lipinski definition) is 3. The number of rotatable bonds is 1. The Bertz CT molecular complexity index is 398. The van der Waals surface area contributed by atoms with Crippen LogP contribution in [0.15, 0.2) is 30.5 Å². The Morgan fingerprint density at radius 2 is 2.29 bits per heavy atom.